The van der Waals surface area contributed by atoms with Gasteiger partial charge in [0.1, 0.15) is 11.6 Å². The molecule has 0 bridgehead atoms. The number of ether oxygens (including phenoxy) is 1. The molecular formula is C23H26F2N2O3S. The number of amides is 1. The van der Waals surface area contributed by atoms with Gasteiger partial charge in [-0.25, -0.2) is 8.78 Å². The largest absolute Gasteiger partial charge is 0.597 e. The van der Waals surface area contributed by atoms with Crippen LogP contribution in [0.1, 0.15) is 47.6 Å². The predicted octanol–water partition coefficient (Wildman–Crippen LogP) is 3.50. The van der Waals surface area contributed by atoms with Gasteiger partial charge in [0.2, 0.25) is 5.91 Å². The van der Waals surface area contributed by atoms with E-state index in [0.29, 0.717) is 6.54 Å². The number of carbonyl (C=O) groups excluding carboxylic acids is 1. The molecule has 0 spiro atoms. The van der Waals surface area contributed by atoms with Crippen molar-refractivity contribution in [3.8, 4) is 0 Å². The summed E-state index contributed by atoms with van der Waals surface area (Å²) in [6.07, 6.45) is 2.03. The fourth-order valence-corrected chi connectivity index (χ4v) is 6.24. The molecule has 0 aromatic heterocycles. The zero-order valence-corrected chi connectivity index (χ0v) is 18.0. The maximum Gasteiger partial charge on any atom is 0.228 e. The Kier molecular flexibility index (Phi) is 6.62. The number of nitrogens with two attached hydrogens (primary N) is 1. The van der Waals surface area contributed by atoms with Gasteiger partial charge in [-0.1, -0.05) is 30.3 Å². The van der Waals surface area contributed by atoms with Crippen LogP contribution in [0.3, 0.4) is 0 Å². The highest BCUT2D eigenvalue weighted by Gasteiger charge is 2.43. The molecule has 166 valence electrons. The lowest BCUT2D eigenvalue weighted by molar-refractivity contribution is -0.127. The first-order chi connectivity index (χ1) is 14.9. The minimum atomic E-state index is -1.35. The van der Waals surface area contributed by atoms with Crippen LogP contribution in [-0.2, 0) is 32.9 Å². The van der Waals surface area contributed by atoms with Crippen LogP contribution in [-0.4, -0.2) is 34.5 Å². The molecule has 4 rings (SSSR count). The van der Waals surface area contributed by atoms with Gasteiger partial charge in [-0.05, 0) is 31.4 Å². The molecule has 1 amide bonds. The van der Waals surface area contributed by atoms with Gasteiger partial charge < -0.3 is 15.0 Å². The normalized spacial score (nSPS) is 24.1. The van der Waals surface area contributed by atoms with Gasteiger partial charge in [0.05, 0.1) is 12.0 Å². The highest BCUT2D eigenvalue weighted by atomic mass is 32.2. The summed E-state index contributed by atoms with van der Waals surface area (Å²) >= 11 is -1.35. The Bertz CT molecular complexity index is 938. The Morgan fingerprint density at radius 3 is 2.58 bits per heavy atom. The number of hydrogen-bond acceptors (Lipinski definition) is 4. The van der Waals surface area contributed by atoms with Crippen molar-refractivity contribution in [3.05, 3.63) is 70.8 Å². The maximum atomic E-state index is 15.1. The van der Waals surface area contributed by atoms with Crippen molar-refractivity contribution < 1.29 is 22.9 Å². The molecule has 2 aromatic carbocycles. The van der Waals surface area contributed by atoms with Gasteiger partial charge in [-0.3, -0.25) is 4.79 Å². The van der Waals surface area contributed by atoms with Gasteiger partial charge in [0, 0.05) is 54.2 Å². The van der Waals surface area contributed by atoms with Gasteiger partial charge in [-0.15, -0.1) is 4.31 Å². The third-order valence-corrected chi connectivity index (χ3v) is 8.17. The van der Waals surface area contributed by atoms with Gasteiger partial charge in [0.15, 0.2) is 5.25 Å². The minimum absolute atomic E-state index is 0.0218. The second-order valence-electron chi connectivity index (χ2n) is 8.16. The van der Waals surface area contributed by atoms with E-state index in [-0.39, 0.29) is 49.0 Å². The summed E-state index contributed by atoms with van der Waals surface area (Å²) in [4.78, 5) is 12.2. The summed E-state index contributed by atoms with van der Waals surface area (Å²) < 4.78 is 50.3. The van der Waals surface area contributed by atoms with E-state index in [2.05, 4.69) is 0 Å². The van der Waals surface area contributed by atoms with Gasteiger partial charge in [-0.2, -0.15) is 0 Å². The monoisotopic (exact) mass is 448 g/mol. The molecular weight excluding hydrogens is 422 g/mol. The van der Waals surface area contributed by atoms with Crippen LogP contribution in [0.5, 0.6) is 0 Å². The first-order valence-electron chi connectivity index (χ1n) is 10.5. The molecule has 2 aliphatic rings. The van der Waals surface area contributed by atoms with Crippen molar-refractivity contribution in [2.75, 3.05) is 19.8 Å². The third kappa shape index (κ3) is 4.35. The summed E-state index contributed by atoms with van der Waals surface area (Å²) in [5.74, 6) is -1.97. The Labute approximate surface area is 183 Å². The lowest BCUT2D eigenvalue weighted by Gasteiger charge is -2.36. The quantitative estimate of drug-likeness (QED) is 0.710. The fourth-order valence-electron chi connectivity index (χ4n) is 4.55. The van der Waals surface area contributed by atoms with E-state index < -0.39 is 34.3 Å². The standard InChI is InChI=1S/C23H26F2N2O3S/c24-19-14-18(23(22(26)28)8-11-30-12-9-23)20(25)13-17(19)15-27-10-4-7-21(31(27)29)16-5-2-1-3-6-16/h1-3,5-6,13-14,21H,4,7-12,15H2,(H2,26,28)/t21-,31?/m1/s1. The van der Waals surface area contributed by atoms with Crippen molar-refractivity contribution in [3.63, 3.8) is 0 Å². The van der Waals surface area contributed by atoms with Crippen LogP contribution in [0, 0.1) is 11.6 Å². The molecule has 2 aromatic rings. The summed E-state index contributed by atoms with van der Waals surface area (Å²) in [5, 5.41) is -0.164. The van der Waals surface area contributed by atoms with Gasteiger partial charge in [0.25, 0.3) is 0 Å². The lowest BCUT2D eigenvalue weighted by atomic mass is 9.73. The summed E-state index contributed by atoms with van der Waals surface area (Å²) in [7, 11) is 0. The van der Waals surface area contributed by atoms with Crippen molar-refractivity contribution >= 4 is 17.3 Å². The molecule has 8 heteroatoms. The Morgan fingerprint density at radius 1 is 1.19 bits per heavy atom. The molecule has 0 aliphatic carbocycles. The number of rotatable bonds is 5. The number of carbonyl (C=O) groups is 1. The summed E-state index contributed by atoms with van der Waals surface area (Å²) in [5.41, 5.74) is 5.41. The molecule has 2 aliphatic heterocycles. The second kappa shape index (κ2) is 9.24. The van der Waals surface area contributed by atoms with Crippen LogP contribution < -0.4 is 5.73 Å². The van der Waals surface area contributed by atoms with Crippen LogP contribution in [0.15, 0.2) is 42.5 Å². The van der Waals surface area contributed by atoms with Gasteiger partial charge >= 0.3 is 0 Å². The molecule has 2 fully saturated rings. The molecule has 31 heavy (non-hydrogen) atoms. The van der Waals surface area contributed by atoms with Crippen LogP contribution in [0.25, 0.3) is 0 Å². The minimum Gasteiger partial charge on any atom is -0.597 e. The summed E-state index contributed by atoms with van der Waals surface area (Å²) in [6, 6.07) is 11.8. The lowest BCUT2D eigenvalue weighted by Crippen LogP contribution is -2.46. The molecule has 0 saturated carbocycles. The average Bonchev–Trinajstić information content (AvgIpc) is 2.78. The second-order valence-corrected chi connectivity index (χ2v) is 9.80. The molecule has 1 unspecified atom stereocenters. The third-order valence-electron chi connectivity index (χ3n) is 6.36. The first kappa shape index (κ1) is 22.2. The Hall–Kier alpha value is -2.00. The maximum absolute atomic E-state index is 15.1. The average molecular weight is 449 g/mol. The van der Waals surface area contributed by atoms with Crippen molar-refractivity contribution in [2.45, 2.75) is 42.9 Å². The smallest absolute Gasteiger partial charge is 0.228 e. The molecule has 2 N–H and O–H groups in total. The van der Waals surface area contributed by atoms with Crippen molar-refractivity contribution in [2.24, 2.45) is 5.73 Å². The molecule has 2 atom stereocenters. The number of halogens is 2. The van der Waals surface area contributed by atoms with E-state index in [1.165, 1.54) is 0 Å². The first-order valence-corrected chi connectivity index (χ1v) is 11.7. The number of benzene rings is 2. The zero-order valence-electron chi connectivity index (χ0n) is 17.2. The number of primary amides is 1. The number of hydrogen-bond donors (Lipinski definition) is 1. The van der Waals surface area contributed by atoms with Crippen LogP contribution >= 0.6 is 0 Å². The topological polar surface area (TPSA) is 78.6 Å². The summed E-state index contributed by atoms with van der Waals surface area (Å²) in [6.45, 7) is 1.10. The highest BCUT2D eigenvalue weighted by molar-refractivity contribution is 7.89. The molecule has 0 radical (unpaired) electrons. The van der Waals surface area contributed by atoms with Crippen LogP contribution in [0.4, 0.5) is 8.78 Å². The SMILES string of the molecule is NC(=O)C1(c2cc(F)c(CN3CCC[C@H](c4ccccc4)[S+]3[O-])cc2F)CCOCC1. The van der Waals surface area contributed by atoms with Crippen molar-refractivity contribution in [1.82, 2.24) is 4.31 Å². The highest BCUT2D eigenvalue weighted by Crippen LogP contribution is 2.39. The predicted molar refractivity (Wildman–Crippen MR) is 114 cm³/mol. The number of nitrogens with zero attached hydrogens (tertiary/aromatic N) is 1. The van der Waals surface area contributed by atoms with E-state index >= 15 is 8.78 Å². The van der Waals surface area contributed by atoms with E-state index in [0.717, 1.165) is 30.5 Å². The molecule has 2 heterocycles. The van der Waals surface area contributed by atoms with E-state index in [4.69, 9.17) is 10.5 Å². The fraction of sp³-hybridized carbons (Fsp3) is 0.435. The van der Waals surface area contributed by atoms with E-state index in [1.54, 1.807) is 4.31 Å². The Morgan fingerprint density at radius 2 is 1.90 bits per heavy atom. The van der Waals surface area contributed by atoms with Crippen LogP contribution in [0.2, 0.25) is 0 Å². The Balaban J connectivity index is 1.58. The van der Waals surface area contributed by atoms with Crippen molar-refractivity contribution in [1.29, 1.82) is 0 Å². The van der Waals surface area contributed by atoms with E-state index in [9.17, 15) is 9.35 Å². The molecule has 2 saturated heterocycles. The van der Waals surface area contributed by atoms with E-state index in [1.807, 2.05) is 30.3 Å². The zero-order chi connectivity index (χ0) is 22.0. The molecule has 5 nitrogen and oxygen atoms in total.